The molecule has 0 N–H and O–H groups in total. The Labute approximate surface area is 108 Å². The molecule has 17 heavy (non-hydrogen) atoms. The second-order valence-electron chi connectivity index (χ2n) is 5.11. The number of nitrogens with zero attached hydrogens (tertiary/aromatic N) is 1. The third-order valence-corrected chi connectivity index (χ3v) is 3.48. The first-order valence-corrected chi connectivity index (χ1v) is 7.39. The summed E-state index contributed by atoms with van der Waals surface area (Å²) in [5.41, 5.74) is 0. The van der Waals surface area contributed by atoms with Crippen molar-refractivity contribution < 1.29 is 4.79 Å². The Bertz CT molecular complexity index is 185. The normalized spacial score (nSPS) is 10.9. The molecule has 0 atom stereocenters. The summed E-state index contributed by atoms with van der Waals surface area (Å²) in [6, 6.07) is 0. The van der Waals surface area contributed by atoms with E-state index in [9.17, 15) is 4.79 Å². The Morgan fingerprint density at radius 3 is 2.06 bits per heavy atom. The molecule has 1 amide bonds. The van der Waals surface area contributed by atoms with Gasteiger partial charge in [0.2, 0.25) is 5.91 Å². The number of carbonyl (C=O) groups is 1. The fourth-order valence-corrected chi connectivity index (χ4v) is 2.43. The Morgan fingerprint density at radius 1 is 1.00 bits per heavy atom. The summed E-state index contributed by atoms with van der Waals surface area (Å²) in [5.74, 6) is 1.18. The SMILES string of the molecule is CCCC(CCC)CCCCN(C)C(=O)CC. The van der Waals surface area contributed by atoms with Crippen molar-refractivity contribution in [1.29, 1.82) is 0 Å². The van der Waals surface area contributed by atoms with Crippen LogP contribution in [-0.2, 0) is 4.79 Å². The standard InChI is InChI=1S/C15H31NO/c1-5-10-14(11-6-2)12-8-9-13-16(4)15(17)7-3/h14H,5-13H2,1-4H3. The smallest absolute Gasteiger partial charge is 0.222 e. The Hall–Kier alpha value is -0.530. The van der Waals surface area contributed by atoms with Gasteiger partial charge in [-0.3, -0.25) is 4.79 Å². The quantitative estimate of drug-likeness (QED) is 0.524. The van der Waals surface area contributed by atoms with Crippen molar-refractivity contribution in [3.8, 4) is 0 Å². The number of unbranched alkanes of at least 4 members (excludes halogenated alkanes) is 1. The molecule has 0 rings (SSSR count). The molecular weight excluding hydrogens is 210 g/mol. The first kappa shape index (κ1) is 16.5. The second kappa shape index (κ2) is 10.6. The molecule has 0 bridgehead atoms. The Balaban J connectivity index is 3.63. The van der Waals surface area contributed by atoms with Crippen LogP contribution in [0, 0.1) is 5.92 Å². The summed E-state index contributed by atoms with van der Waals surface area (Å²) in [4.78, 5) is 13.2. The van der Waals surface area contributed by atoms with Gasteiger partial charge in [0.15, 0.2) is 0 Å². The third-order valence-electron chi connectivity index (χ3n) is 3.48. The molecule has 0 spiro atoms. The van der Waals surface area contributed by atoms with E-state index >= 15 is 0 Å². The van der Waals surface area contributed by atoms with Gasteiger partial charge in [-0.05, 0) is 12.3 Å². The van der Waals surface area contributed by atoms with Crippen LogP contribution in [0.3, 0.4) is 0 Å². The Kier molecular flexibility index (Phi) is 10.3. The van der Waals surface area contributed by atoms with E-state index in [1.807, 2.05) is 18.9 Å². The lowest BCUT2D eigenvalue weighted by Crippen LogP contribution is -2.26. The summed E-state index contributed by atoms with van der Waals surface area (Å²) in [6.07, 6.45) is 9.76. The Morgan fingerprint density at radius 2 is 1.59 bits per heavy atom. The maximum absolute atomic E-state index is 11.4. The highest BCUT2D eigenvalue weighted by Crippen LogP contribution is 2.20. The highest BCUT2D eigenvalue weighted by molar-refractivity contribution is 5.75. The monoisotopic (exact) mass is 241 g/mol. The predicted molar refractivity (Wildman–Crippen MR) is 75.1 cm³/mol. The topological polar surface area (TPSA) is 20.3 Å². The maximum Gasteiger partial charge on any atom is 0.222 e. The molecule has 0 aliphatic rings. The van der Waals surface area contributed by atoms with Gasteiger partial charge in [-0.15, -0.1) is 0 Å². The van der Waals surface area contributed by atoms with Crippen molar-refractivity contribution >= 4 is 5.91 Å². The summed E-state index contributed by atoms with van der Waals surface area (Å²) in [6.45, 7) is 7.40. The first-order chi connectivity index (χ1) is 8.15. The fourth-order valence-electron chi connectivity index (χ4n) is 2.43. The van der Waals surface area contributed by atoms with Crippen LogP contribution in [0.5, 0.6) is 0 Å². The van der Waals surface area contributed by atoms with Crippen molar-refractivity contribution in [2.45, 2.75) is 72.1 Å². The van der Waals surface area contributed by atoms with Crippen molar-refractivity contribution in [3.63, 3.8) is 0 Å². The van der Waals surface area contributed by atoms with Gasteiger partial charge in [-0.1, -0.05) is 59.3 Å². The van der Waals surface area contributed by atoms with Gasteiger partial charge in [0.1, 0.15) is 0 Å². The molecule has 0 aromatic rings. The average molecular weight is 241 g/mol. The zero-order chi connectivity index (χ0) is 13.1. The van der Waals surface area contributed by atoms with E-state index in [0.29, 0.717) is 6.42 Å². The molecular formula is C15H31NO. The third kappa shape index (κ3) is 8.23. The van der Waals surface area contributed by atoms with Gasteiger partial charge >= 0.3 is 0 Å². The lowest BCUT2D eigenvalue weighted by Gasteiger charge is -2.18. The van der Waals surface area contributed by atoms with Crippen LogP contribution >= 0.6 is 0 Å². The zero-order valence-electron chi connectivity index (χ0n) is 12.3. The van der Waals surface area contributed by atoms with Gasteiger partial charge in [0.05, 0.1) is 0 Å². The van der Waals surface area contributed by atoms with E-state index in [0.717, 1.165) is 18.9 Å². The molecule has 0 aromatic heterocycles. The second-order valence-corrected chi connectivity index (χ2v) is 5.11. The van der Waals surface area contributed by atoms with Crippen molar-refractivity contribution in [3.05, 3.63) is 0 Å². The van der Waals surface area contributed by atoms with E-state index in [2.05, 4.69) is 13.8 Å². The van der Waals surface area contributed by atoms with Crippen molar-refractivity contribution in [1.82, 2.24) is 4.90 Å². The largest absolute Gasteiger partial charge is 0.346 e. The predicted octanol–water partition coefficient (Wildman–Crippen LogP) is 4.24. The van der Waals surface area contributed by atoms with Gasteiger partial charge in [-0.25, -0.2) is 0 Å². The van der Waals surface area contributed by atoms with Crippen LogP contribution in [0.25, 0.3) is 0 Å². The first-order valence-electron chi connectivity index (χ1n) is 7.39. The van der Waals surface area contributed by atoms with E-state index in [1.54, 1.807) is 0 Å². The highest BCUT2D eigenvalue weighted by Gasteiger charge is 2.08. The molecule has 0 saturated carbocycles. The summed E-state index contributed by atoms with van der Waals surface area (Å²) in [5, 5.41) is 0. The summed E-state index contributed by atoms with van der Waals surface area (Å²) in [7, 11) is 1.92. The van der Waals surface area contributed by atoms with Crippen LogP contribution in [0.4, 0.5) is 0 Å². The average Bonchev–Trinajstić information content (AvgIpc) is 2.33. The number of rotatable bonds is 10. The van der Waals surface area contributed by atoms with Gasteiger partial charge in [0.25, 0.3) is 0 Å². The lowest BCUT2D eigenvalue weighted by atomic mass is 9.93. The molecule has 2 nitrogen and oxygen atoms in total. The molecule has 0 aromatic carbocycles. The molecule has 2 heteroatoms. The summed E-state index contributed by atoms with van der Waals surface area (Å²) >= 11 is 0. The van der Waals surface area contributed by atoms with Crippen LogP contribution in [0.15, 0.2) is 0 Å². The number of hydrogen-bond donors (Lipinski definition) is 0. The van der Waals surface area contributed by atoms with Crippen LogP contribution in [0.1, 0.15) is 72.1 Å². The molecule has 0 fully saturated rings. The molecule has 0 radical (unpaired) electrons. The summed E-state index contributed by atoms with van der Waals surface area (Å²) < 4.78 is 0. The molecule has 102 valence electrons. The minimum Gasteiger partial charge on any atom is -0.346 e. The van der Waals surface area contributed by atoms with E-state index in [1.165, 1.54) is 38.5 Å². The van der Waals surface area contributed by atoms with Gasteiger partial charge in [0, 0.05) is 20.0 Å². The van der Waals surface area contributed by atoms with E-state index in [-0.39, 0.29) is 5.91 Å². The molecule has 0 unspecified atom stereocenters. The highest BCUT2D eigenvalue weighted by atomic mass is 16.2. The van der Waals surface area contributed by atoms with Crippen molar-refractivity contribution in [2.24, 2.45) is 5.92 Å². The van der Waals surface area contributed by atoms with E-state index < -0.39 is 0 Å². The number of carbonyl (C=O) groups excluding carboxylic acids is 1. The van der Waals surface area contributed by atoms with Crippen LogP contribution < -0.4 is 0 Å². The lowest BCUT2D eigenvalue weighted by molar-refractivity contribution is -0.129. The zero-order valence-corrected chi connectivity index (χ0v) is 12.3. The van der Waals surface area contributed by atoms with E-state index in [4.69, 9.17) is 0 Å². The minimum atomic E-state index is 0.267. The van der Waals surface area contributed by atoms with Crippen molar-refractivity contribution in [2.75, 3.05) is 13.6 Å². The molecule has 0 aliphatic carbocycles. The van der Waals surface area contributed by atoms with Crippen LogP contribution in [-0.4, -0.2) is 24.4 Å². The molecule has 0 saturated heterocycles. The van der Waals surface area contributed by atoms with Gasteiger partial charge in [-0.2, -0.15) is 0 Å². The number of hydrogen-bond acceptors (Lipinski definition) is 1. The van der Waals surface area contributed by atoms with Crippen LogP contribution in [0.2, 0.25) is 0 Å². The minimum absolute atomic E-state index is 0.267. The number of amides is 1. The maximum atomic E-state index is 11.4. The molecule has 0 aliphatic heterocycles. The molecule has 0 heterocycles. The van der Waals surface area contributed by atoms with Gasteiger partial charge < -0.3 is 4.90 Å². The fraction of sp³-hybridized carbons (Fsp3) is 0.933.